The van der Waals surface area contributed by atoms with E-state index < -0.39 is 22.7 Å². The Morgan fingerprint density at radius 3 is 2.65 bits per heavy atom. The minimum absolute atomic E-state index is 0.0672. The lowest BCUT2D eigenvalue weighted by Crippen LogP contribution is -2.51. The van der Waals surface area contributed by atoms with Gasteiger partial charge in [-0.1, -0.05) is 12.1 Å². The van der Waals surface area contributed by atoms with Gasteiger partial charge in [-0.15, -0.1) is 0 Å². The van der Waals surface area contributed by atoms with Crippen LogP contribution in [0.5, 0.6) is 5.75 Å². The first kappa shape index (κ1) is 24.5. The number of hydrazine groups is 1. The van der Waals surface area contributed by atoms with Crippen molar-refractivity contribution in [1.29, 1.82) is 0 Å². The number of rotatable bonds is 7. The topological polar surface area (TPSA) is 127 Å². The van der Waals surface area contributed by atoms with Crippen LogP contribution in [0.3, 0.4) is 0 Å². The van der Waals surface area contributed by atoms with Crippen LogP contribution < -0.4 is 9.75 Å². The number of benzene rings is 2. The smallest absolute Gasteiger partial charge is 0.334 e. The molecule has 3 aliphatic heterocycles. The van der Waals surface area contributed by atoms with Crippen LogP contribution in [0.2, 0.25) is 0 Å². The molecule has 1 N–H and O–H groups in total. The summed E-state index contributed by atoms with van der Waals surface area (Å²) in [7, 11) is 0. The van der Waals surface area contributed by atoms with Gasteiger partial charge in [0.05, 0.1) is 28.6 Å². The van der Waals surface area contributed by atoms with E-state index in [0.717, 1.165) is 5.56 Å². The van der Waals surface area contributed by atoms with Crippen LogP contribution in [0, 0.1) is 10.1 Å². The van der Waals surface area contributed by atoms with E-state index in [2.05, 4.69) is 4.99 Å². The van der Waals surface area contributed by atoms with Gasteiger partial charge in [-0.25, -0.2) is 14.8 Å². The van der Waals surface area contributed by atoms with Gasteiger partial charge < -0.3 is 19.3 Å². The molecule has 3 aliphatic rings. The van der Waals surface area contributed by atoms with Crippen LogP contribution >= 0.6 is 0 Å². The molecule has 2 aromatic carbocycles. The zero-order chi connectivity index (χ0) is 26.3. The van der Waals surface area contributed by atoms with E-state index in [1.54, 1.807) is 35.2 Å². The van der Waals surface area contributed by atoms with Gasteiger partial charge in [-0.05, 0) is 57.2 Å². The molecular weight excluding hydrogens is 480 g/mol. The fourth-order valence-corrected chi connectivity index (χ4v) is 4.53. The van der Waals surface area contributed by atoms with E-state index in [1.807, 2.05) is 44.2 Å². The maximum Gasteiger partial charge on any atom is 0.334 e. The molecule has 0 aromatic heterocycles. The summed E-state index contributed by atoms with van der Waals surface area (Å²) in [5.41, 5.74) is 2.31. The highest BCUT2D eigenvalue weighted by Crippen LogP contribution is 2.39. The molecule has 11 heteroatoms. The molecule has 0 radical (unpaired) electrons. The minimum Gasteiger partial charge on any atom is -0.491 e. The van der Waals surface area contributed by atoms with Crippen molar-refractivity contribution in [3.8, 4) is 5.75 Å². The number of fused-ring (bicyclic) bond motifs is 1. The number of allylic oxidation sites excluding steroid dienone is 2. The van der Waals surface area contributed by atoms with Gasteiger partial charge in [0.25, 0.3) is 5.69 Å². The maximum atomic E-state index is 12.2. The SMILES string of the molecule is CC1=NC2=CC=C(c3cccc(OCC4COC(C)(C)O4)c3)N(c3ccc([N+](=O)[O-])cc3)N2C1C(=O)O. The van der Waals surface area contributed by atoms with Crippen molar-refractivity contribution < 1.29 is 29.0 Å². The summed E-state index contributed by atoms with van der Waals surface area (Å²) in [4.78, 5) is 27.4. The fraction of sp³-hybridized carbons (Fsp3) is 0.308. The first-order valence-electron chi connectivity index (χ1n) is 11.7. The summed E-state index contributed by atoms with van der Waals surface area (Å²) in [6, 6.07) is 12.3. The summed E-state index contributed by atoms with van der Waals surface area (Å²) in [5, 5.41) is 24.5. The highest BCUT2D eigenvalue weighted by atomic mass is 16.7. The lowest BCUT2D eigenvalue weighted by atomic mass is 10.1. The molecule has 0 bridgehead atoms. The second kappa shape index (κ2) is 9.34. The minimum atomic E-state index is -1.06. The number of carbonyl (C=O) groups is 1. The second-order valence-corrected chi connectivity index (χ2v) is 9.29. The van der Waals surface area contributed by atoms with E-state index in [1.165, 1.54) is 12.1 Å². The number of non-ortho nitro benzene ring substituents is 1. The Morgan fingerprint density at radius 1 is 1.24 bits per heavy atom. The van der Waals surface area contributed by atoms with Gasteiger partial charge in [0.1, 0.15) is 24.3 Å². The maximum absolute atomic E-state index is 12.2. The number of hydrogen-bond acceptors (Lipinski definition) is 9. The second-order valence-electron chi connectivity index (χ2n) is 9.29. The molecule has 192 valence electrons. The zero-order valence-electron chi connectivity index (χ0n) is 20.5. The molecule has 11 nitrogen and oxygen atoms in total. The summed E-state index contributed by atoms with van der Waals surface area (Å²) in [5.74, 6) is -0.639. The van der Waals surface area contributed by atoms with Crippen LogP contribution in [-0.2, 0) is 14.3 Å². The van der Waals surface area contributed by atoms with Crippen molar-refractivity contribution in [1.82, 2.24) is 5.01 Å². The average molecular weight is 507 g/mol. The molecule has 0 amide bonds. The molecule has 37 heavy (non-hydrogen) atoms. The van der Waals surface area contributed by atoms with Crippen molar-refractivity contribution in [2.24, 2.45) is 4.99 Å². The summed E-state index contributed by atoms with van der Waals surface area (Å²) in [6.45, 7) is 6.11. The molecule has 0 spiro atoms. The average Bonchev–Trinajstić information content (AvgIpc) is 3.39. The van der Waals surface area contributed by atoms with Gasteiger partial charge in [0.15, 0.2) is 11.8 Å². The largest absolute Gasteiger partial charge is 0.491 e. The molecule has 1 saturated heterocycles. The number of ether oxygens (including phenoxy) is 3. The van der Waals surface area contributed by atoms with Crippen LogP contribution in [-0.4, -0.2) is 57.9 Å². The molecule has 3 heterocycles. The Labute approximate surface area is 213 Å². The lowest BCUT2D eigenvalue weighted by Gasteiger charge is -2.41. The van der Waals surface area contributed by atoms with Crippen LogP contribution in [0.15, 0.2) is 71.5 Å². The molecule has 1 fully saturated rings. The zero-order valence-corrected chi connectivity index (χ0v) is 20.5. The Morgan fingerprint density at radius 2 is 2.00 bits per heavy atom. The Bertz CT molecular complexity index is 1330. The third-order valence-electron chi connectivity index (χ3n) is 6.17. The van der Waals surface area contributed by atoms with Gasteiger partial charge >= 0.3 is 5.97 Å². The van der Waals surface area contributed by atoms with E-state index in [4.69, 9.17) is 14.2 Å². The highest BCUT2D eigenvalue weighted by molar-refractivity contribution is 6.07. The standard InChI is InChI=1S/C26H26N4O7/c1-16-24(25(31)32)29-23(27-16)12-11-22(28(29)18-7-9-19(10-8-18)30(33)34)17-5-4-6-20(13-17)35-14-21-15-36-26(2,3)37-21/h4-13,21,24H,14-15H2,1-3H3,(H,31,32). The number of carboxylic acids is 1. The Balaban J connectivity index is 1.49. The van der Waals surface area contributed by atoms with Gasteiger partial charge in [0, 0.05) is 17.7 Å². The summed E-state index contributed by atoms with van der Waals surface area (Å²) in [6.07, 6.45) is 3.39. The van der Waals surface area contributed by atoms with Crippen LogP contribution in [0.1, 0.15) is 26.3 Å². The third kappa shape index (κ3) is 4.78. The Hall–Kier alpha value is -4.22. The number of nitro groups is 1. The van der Waals surface area contributed by atoms with E-state index in [0.29, 0.717) is 41.9 Å². The van der Waals surface area contributed by atoms with Crippen molar-refractivity contribution in [3.05, 3.63) is 82.2 Å². The number of aliphatic imine (C=N–C) groups is 1. The molecule has 2 unspecified atom stereocenters. The van der Waals surface area contributed by atoms with Gasteiger partial charge in [-0.2, -0.15) is 0 Å². The molecule has 2 aromatic rings. The predicted octanol–water partition coefficient (Wildman–Crippen LogP) is 3.97. The first-order valence-corrected chi connectivity index (χ1v) is 11.7. The predicted molar refractivity (Wildman–Crippen MR) is 135 cm³/mol. The molecule has 0 saturated carbocycles. The highest BCUT2D eigenvalue weighted by Gasteiger charge is 2.42. The van der Waals surface area contributed by atoms with E-state index in [-0.39, 0.29) is 11.8 Å². The van der Waals surface area contributed by atoms with Crippen molar-refractivity contribution in [2.75, 3.05) is 18.2 Å². The fourth-order valence-electron chi connectivity index (χ4n) is 4.53. The van der Waals surface area contributed by atoms with Crippen molar-refractivity contribution >= 4 is 28.8 Å². The van der Waals surface area contributed by atoms with E-state index in [9.17, 15) is 20.0 Å². The molecule has 2 atom stereocenters. The summed E-state index contributed by atoms with van der Waals surface area (Å²) >= 11 is 0. The normalized spacial score (nSPS) is 22.2. The quantitative estimate of drug-likeness (QED) is 0.438. The Kier molecular flexibility index (Phi) is 6.18. The van der Waals surface area contributed by atoms with Crippen LogP contribution in [0.25, 0.3) is 5.70 Å². The van der Waals surface area contributed by atoms with E-state index >= 15 is 0 Å². The summed E-state index contributed by atoms with van der Waals surface area (Å²) < 4.78 is 17.4. The third-order valence-corrected chi connectivity index (χ3v) is 6.17. The van der Waals surface area contributed by atoms with Crippen molar-refractivity contribution in [2.45, 2.75) is 38.7 Å². The number of hydrogen-bond donors (Lipinski definition) is 1. The number of nitrogens with zero attached hydrogens (tertiary/aromatic N) is 4. The van der Waals surface area contributed by atoms with Gasteiger partial charge in [0.2, 0.25) is 0 Å². The van der Waals surface area contributed by atoms with Crippen molar-refractivity contribution in [3.63, 3.8) is 0 Å². The number of carboxylic acid groups (broad SMARTS) is 1. The lowest BCUT2D eigenvalue weighted by molar-refractivity contribution is -0.384. The molecule has 5 rings (SSSR count). The monoisotopic (exact) mass is 506 g/mol. The molecule has 0 aliphatic carbocycles. The number of nitro benzene ring substituents is 1. The molecular formula is C26H26N4O7. The number of aliphatic carboxylic acids is 1. The van der Waals surface area contributed by atoms with Gasteiger partial charge in [-0.3, -0.25) is 15.1 Å². The van der Waals surface area contributed by atoms with Crippen LogP contribution in [0.4, 0.5) is 11.4 Å². The first-order chi connectivity index (χ1) is 17.6. The number of anilines is 1.